The van der Waals surface area contributed by atoms with Crippen LogP contribution in [0.3, 0.4) is 0 Å². The van der Waals surface area contributed by atoms with Crippen LogP contribution in [-0.4, -0.2) is 17.1 Å². The van der Waals surface area contributed by atoms with Crippen LogP contribution < -0.4 is 11.1 Å². The summed E-state index contributed by atoms with van der Waals surface area (Å²) < 4.78 is 6.00. The summed E-state index contributed by atoms with van der Waals surface area (Å²) in [6.45, 7) is 0.473. The van der Waals surface area contributed by atoms with Gasteiger partial charge >= 0.3 is 11.8 Å². The third-order valence-corrected chi connectivity index (χ3v) is 3.92. The minimum atomic E-state index is -0.758. The maximum atomic E-state index is 12.3. The SMILES string of the molecule is N#Cc1ccc2c(c1)oc(=O)n2C(=O)NCCCCc1ccccc1. The Balaban J connectivity index is 1.58. The van der Waals surface area contributed by atoms with Crippen LogP contribution in [0.2, 0.25) is 0 Å². The number of aryl methyl sites for hydroxylation is 1. The van der Waals surface area contributed by atoms with E-state index in [9.17, 15) is 9.59 Å². The molecule has 0 saturated carbocycles. The lowest BCUT2D eigenvalue weighted by atomic mass is 10.1. The van der Waals surface area contributed by atoms with Crippen LogP contribution in [-0.2, 0) is 6.42 Å². The van der Waals surface area contributed by atoms with Crippen molar-refractivity contribution in [2.45, 2.75) is 19.3 Å². The molecule has 3 rings (SSSR count). The van der Waals surface area contributed by atoms with Crippen molar-refractivity contribution in [3.8, 4) is 6.07 Å². The molecule has 2 aromatic carbocycles. The Hall–Kier alpha value is -3.33. The predicted molar refractivity (Wildman–Crippen MR) is 93.4 cm³/mol. The standard InChI is InChI=1S/C19H17N3O3/c20-13-15-9-10-16-17(12-15)25-19(24)22(16)18(23)21-11-5-4-8-14-6-2-1-3-7-14/h1-3,6-7,9-10,12H,4-5,8,11H2,(H,21,23). The predicted octanol–water partition coefficient (Wildman–Crippen LogP) is 3.05. The Labute approximate surface area is 144 Å². The monoisotopic (exact) mass is 335 g/mol. The van der Waals surface area contributed by atoms with Crippen molar-refractivity contribution < 1.29 is 9.21 Å². The summed E-state index contributed by atoms with van der Waals surface area (Å²) in [5.41, 5.74) is 2.21. The van der Waals surface area contributed by atoms with Crippen molar-refractivity contribution >= 4 is 17.1 Å². The number of nitriles is 1. The van der Waals surface area contributed by atoms with Gasteiger partial charge in [0.25, 0.3) is 0 Å². The van der Waals surface area contributed by atoms with E-state index < -0.39 is 11.8 Å². The molecule has 0 fully saturated rings. The third kappa shape index (κ3) is 3.78. The first-order chi connectivity index (χ1) is 12.2. The van der Waals surface area contributed by atoms with Gasteiger partial charge in [-0.25, -0.2) is 9.59 Å². The van der Waals surface area contributed by atoms with Crippen LogP contribution in [0, 0.1) is 11.3 Å². The third-order valence-electron chi connectivity index (χ3n) is 3.92. The zero-order valence-corrected chi connectivity index (χ0v) is 13.6. The highest BCUT2D eigenvalue weighted by Crippen LogP contribution is 2.14. The number of carbonyl (C=O) groups excluding carboxylic acids is 1. The summed E-state index contributed by atoms with van der Waals surface area (Å²) in [4.78, 5) is 24.2. The maximum absolute atomic E-state index is 12.3. The smallest absolute Gasteiger partial charge is 0.407 e. The second kappa shape index (κ2) is 7.49. The molecule has 0 unspecified atom stereocenters. The van der Waals surface area contributed by atoms with Crippen molar-refractivity contribution in [2.24, 2.45) is 0 Å². The van der Waals surface area contributed by atoms with Gasteiger partial charge in [-0.05, 0) is 37.0 Å². The first-order valence-corrected chi connectivity index (χ1v) is 8.07. The van der Waals surface area contributed by atoms with Crippen molar-refractivity contribution in [1.29, 1.82) is 5.26 Å². The molecule has 6 heteroatoms. The number of rotatable bonds is 5. The quantitative estimate of drug-likeness (QED) is 0.726. The number of oxazole rings is 1. The number of aromatic nitrogens is 1. The number of nitrogens with one attached hydrogen (secondary N) is 1. The van der Waals surface area contributed by atoms with E-state index in [-0.39, 0.29) is 5.58 Å². The number of hydrogen-bond donors (Lipinski definition) is 1. The number of benzene rings is 2. The second-order valence-electron chi connectivity index (χ2n) is 5.67. The molecule has 6 nitrogen and oxygen atoms in total. The van der Waals surface area contributed by atoms with E-state index >= 15 is 0 Å². The lowest BCUT2D eigenvalue weighted by molar-refractivity contribution is 0.241. The summed E-state index contributed by atoms with van der Waals surface area (Å²) in [5, 5.41) is 11.6. The van der Waals surface area contributed by atoms with Gasteiger partial charge in [-0.15, -0.1) is 0 Å². The molecule has 126 valence electrons. The molecule has 0 aliphatic heterocycles. The number of amides is 1. The highest BCUT2D eigenvalue weighted by atomic mass is 16.4. The van der Waals surface area contributed by atoms with Gasteiger partial charge in [-0.3, -0.25) is 0 Å². The minimum Gasteiger partial charge on any atom is -0.407 e. The summed E-state index contributed by atoms with van der Waals surface area (Å²) in [6, 6.07) is 16.1. The molecule has 0 aliphatic rings. The molecule has 0 radical (unpaired) electrons. The van der Waals surface area contributed by atoms with E-state index in [1.807, 2.05) is 24.3 Å². The Kier molecular flexibility index (Phi) is 4.95. The number of fused-ring (bicyclic) bond motifs is 1. The largest absolute Gasteiger partial charge is 0.428 e. The normalized spacial score (nSPS) is 10.5. The molecule has 1 amide bonds. The zero-order chi connectivity index (χ0) is 17.6. The van der Waals surface area contributed by atoms with E-state index in [4.69, 9.17) is 9.68 Å². The molecule has 0 atom stereocenters. The van der Waals surface area contributed by atoms with Crippen LogP contribution >= 0.6 is 0 Å². The molecule has 25 heavy (non-hydrogen) atoms. The number of nitrogens with zero attached hydrogens (tertiary/aromatic N) is 2. The second-order valence-corrected chi connectivity index (χ2v) is 5.67. The molecule has 3 aromatic rings. The van der Waals surface area contributed by atoms with E-state index in [0.717, 1.165) is 23.8 Å². The minimum absolute atomic E-state index is 0.225. The van der Waals surface area contributed by atoms with Gasteiger partial charge in [0, 0.05) is 12.6 Å². The highest BCUT2D eigenvalue weighted by molar-refractivity contribution is 5.88. The van der Waals surface area contributed by atoms with Crippen LogP contribution in [0.15, 0.2) is 57.7 Å². The molecule has 0 saturated heterocycles. The van der Waals surface area contributed by atoms with E-state index in [1.165, 1.54) is 17.7 Å². The zero-order valence-electron chi connectivity index (χ0n) is 13.6. The molecular weight excluding hydrogens is 318 g/mol. The Bertz CT molecular complexity index is 981. The lowest BCUT2D eigenvalue weighted by Gasteiger charge is -2.05. The number of carbonyl (C=O) groups is 1. The molecular formula is C19H17N3O3. The number of hydrogen-bond acceptors (Lipinski definition) is 4. The molecule has 1 aromatic heterocycles. The fraction of sp³-hybridized carbons (Fsp3) is 0.211. The molecule has 1 N–H and O–H groups in total. The van der Waals surface area contributed by atoms with Gasteiger partial charge in [0.2, 0.25) is 0 Å². The van der Waals surface area contributed by atoms with Gasteiger partial charge in [0.1, 0.15) is 0 Å². The summed E-state index contributed by atoms with van der Waals surface area (Å²) in [7, 11) is 0. The van der Waals surface area contributed by atoms with Gasteiger partial charge in [-0.1, -0.05) is 30.3 Å². The van der Waals surface area contributed by atoms with Crippen LogP contribution in [0.25, 0.3) is 11.1 Å². The summed E-state index contributed by atoms with van der Waals surface area (Å²) >= 11 is 0. The van der Waals surface area contributed by atoms with Crippen LogP contribution in [0.5, 0.6) is 0 Å². The first-order valence-electron chi connectivity index (χ1n) is 8.07. The fourth-order valence-electron chi connectivity index (χ4n) is 2.65. The van der Waals surface area contributed by atoms with Gasteiger partial charge in [-0.2, -0.15) is 9.83 Å². The topological polar surface area (TPSA) is 88.0 Å². The van der Waals surface area contributed by atoms with Crippen molar-refractivity contribution in [3.63, 3.8) is 0 Å². The average Bonchev–Trinajstić information content (AvgIpc) is 2.97. The molecule has 0 spiro atoms. The van der Waals surface area contributed by atoms with Crippen LogP contribution in [0.1, 0.15) is 24.0 Å². The van der Waals surface area contributed by atoms with E-state index in [2.05, 4.69) is 17.4 Å². The van der Waals surface area contributed by atoms with Gasteiger partial charge in [0.05, 0.1) is 17.1 Å². The molecule has 0 bridgehead atoms. The first kappa shape index (κ1) is 16.5. The van der Waals surface area contributed by atoms with Crippen molar-refractivity contribution in [2.75, 3.05) is 6.54 Å². The lowest BCUT2D eigenvalue weighted by Crippen LogP contribution is -2.34. The average molecular weight is 335 g/mol. The van der Waals surface area contributed by atoms with E-state index in [1.54, 1.807) is 6.07 Å². The van der Waals surface area contributed by atoms with Gasteiger partial charge in [0.15, 0.2) is 5.58 Å². The Morgan fingerprint density at radius 1 is 1.16 bits per heavy atom. The Morgan fingerprint density at radius 2 is 1.96 bits per heavy atom. The van der Waals surface area contributed by atoms with Crippen molar-refractivity contribution in [3.05, 3.63) is 70.2 Å². The fourth-order valence-corrected chi connectivity index (χ4v) is 2.65. The summed E-state index contributed by atoms with van der Waals surface area (Å²) in [6.07, 6.45) is 2.70. The molecule has 0 aliphatic carbocycles. The van der Waals surface area contributed by atoms with Crippen molar-refractivity contribution in [1.82, 2.24) is 9.88 Å². The highest BCUT2D eigenvalue weighted by Gasteiger charge is 2.15. The van der Waals surface area contributed by atoms with Crippen LogP contribution in [0.4, 0.5) is 4.79 Å². The van der Waals surface area contributed by atoms with Gasteiger partial charge < -0.3 is 9.73 Å². The maximum Gasteiger partial charge on any atom is 0.428 e. The summed E-state index contributed by atoms with van der Waals surface area (Å²) in [5.74, 6) is -0.758. The Morgan fingerprint density at radius 3 is 2.72 bits per heavy atom. The van der Waals surface area contributed by atoms with E-state index in [0.29, 0.717) is 17.6 Å². The molecule has 1 heterocycles. The number of unbranched alkanes of at least 4 members (excludes halogenated alkanes) is 1.